The molecule has 0 bridgehead atoms. The fourth-order valence-electron chi connectivity index (χ4n) is 2.16. The van der Waals surface area contributed by atoms with Crippen molar-refractivity contribution in [3.05, 3.63) is 53.7 Å². The van der Waals surface area contributed by atoms with Crippen LogP contribution in [0.1, 0.15) is 29.6 Å². The molecule has 104 valence electrons. The smallest absolute Gasteiger partial charge is 0.180 e. The van der Waals surface area contributed by atoms with Gasteiger partial charge in [0.1, 0.15) is 5.76 Å². The predicted octanol–water partition coefficient (Wildman–Crippen LogP) is 2.73. The number of hydrogen-bond donors (Lipinski definition) is 1. The minimum atomic E-state index is -1.05. The van der Waals surface area contributed by atoms with Gasteiger partial charge < -0.3 is 9.52 Å². The first-order chi connectivity index (χ1) is 9.69. The van der Waals surface area contributed by atoms with Crippen LogP contribution in [-0.2, 0) is 0 Å². The van der Waals surface area contributed by atoms with E-state index in [1.54, 1.807) is 0 Å². The second kappa shape index (κ2) is 6.26. The summed E-state index contributed by atoms with van der Waals surface area (Å²) in [6.45, 7) is -0.208. The van der Waals surface area contributed by atoms with Gasteiger partial charge in [0.25, 0.3) is 0 Å². The Hall–Kier alpha value is -2.26. The Labute approximate surface area is 114 Å². The molecule has 0 unspecified atom stereocenters. The number of oxazole rings is 1. The molecule has 0 saturated heterocycles. The number of benzene rings is 1. The largest absolute Gasteiger partial charge is 0.448 e. The van der Waals surface area contributed by atoms with Crippen LogP contribution >= 0.6 is 0 Å². The predicted molar refractivity (Wildman–Crippen MR) is 65.7 cm³/mol. The number of halogens is 2. The Morgan fingerprint density at radius 3 is 2.80 bits per heavy atom. The molecule has 1 heterocycles. The van der Waals surface area contributed by atoms with Crippen LogP contribution in [-0.4, -0.2) is 16.7 Å². The van der Waals surface area contributed by atoms with Crippen LogP contribution in [0.15, 0.2) is 35.2 Å². The summed E-state index contributed by atoms with van der Waals surface area (Å²) >= 11 is 0. The first kappa shape index (κ1) is 14.2. The lowest BCUT2D eigenvalue weighted by Crippen LogP contribution is -2.13. The minimum absolute atomic E-state index is 0.0534. The summed E-state index contributed by atoms with van der Waals surface area (Å²) < 4.78 is 32.3. The molecule has 2 aromatic rings. The van der Waals surface area contributed by atoms with Gasteiger partial charge in [-0.1, -0.05) is 12.1 Å². The van der Waals surface area contributed by atoms with Crippen molar-refractivity contribution in [3.8, 4) is 6.07 Å². The highest BCUT2D eigenvalue weighted by Gasteiger charge is 2.30. The van der Waals surface area contributed by atoms with Gasteiger partial charge in [-0.15, -0.1) is 0 Å². The average Bonchev–Trinajstić information content (AvgIpc) is 2.97. The topological polar surface area (TPSA) is 70.0 Å². The lowest BCUT2D eigenvalue weighted by Gasteiger charge is -2.19. The van der Waals surface area contributed by atoms with Crippen molar-refractivity contribution in [2.75, 3.05) is 6.61 Å². The zero-order chi connectivity index (χ0) is 14.5. The zero-order valence-corrected chi connectivity index (χ0v) is 10.5. The van der Waals surface area contributed by atoms with Crippen LogP contribution in [0.25, 0.3) is 0 Å². The van der Waals surface area contributed by atoms with Crippen molar-refractivity contribution in [2.45, 2.75) is 18.3 Å². The van der Waals surface area contributed by atoms with Crippen molar-refractivity contribution in [3.63, 3.8) is 0 Å². The molecule has 4 nitrogen and oxygen atoms in total. The quantitative estimate of drug-likeness (QED) is 0.912. The summed E-state index contributed by atoms with van der Waals surface area (Å²) in [5.41, 5.74) is -0.0534. The van der Waals surface area contributed by atoms with Crippen LogP contribution in [0, 0.1) is 23.0 Å². The number of aliphatic hydroxyl groups is 1. The molecule has 1 aromatic heterocycles. The SMILES string of the molecule is N#C[C@H](c1cccc(F)c1F)[C@@H](CCO)c1cnco1. The third-order valence-corrected chi connectivity index (χ3v) is 3.11. The van der Waals surface area contributed by atoms with Crippen molar-refractivity contribution in [2.24, 2.45) is 0 Å². The Balaban J connectivity index is 2.44. The van der Waals surface area contributed by atoms with Gasteiger partial charge in [0.2, 0.25) is 0 Å². The molecule has 1 aromatic carbocycles. The van der Waals surface area contributed by atoms with E-state index in [2.05, 4.69) is 4.98 Å². The summed E-state index contributed by atoms with van der Waals surface area (Å²) in [6.07, 6.45) is 2.78. The molecule has 0 aliphatic heterocycles. The van der Waals surface area contributed by atoms with E-state index in [0.717, 1.165) is 6.07 Å². The van der Waals surface area contributed by atoms with Gasteiger partial charge in [0.05, 0.1) is 18.2 Å². The molecule has 0 aliphatic rings. The van der Waals surface area contributed by atoms with Crippen molar-refractivity contribution in [1.82, 2.24) is 4.98 Å². The number of aromatic nitrogens is 1. The second-order valence-corrected chi connectivity index (χ2v) is 4.27. The van der Waals surface area contributed by atoms with E-state index >= 15 is 0 Å². The van der Waals surface area contributed by atoms with E-state index in [4.69, 9.17) is 9.52 Å². The summed E-state index contributed by atoms with van der Waals surface area (Å²) in [4.78, 5) is 3.75. The average molecular weight is 278 g/mol. The summed E-state index contributed by atoms with van der Waals surface area (Å²) in [7, 11) is 0. The van der Waals surface area contributed by atoms with Gasteiger partial charge in [0.15, 0.2) is 18.0 Å². The third-order valence-electron chi connectivity index (χ3n) is 3.11. The first-order valence-electron chi connectivity index (χ1n) is 6.01. The van der Waals surface area contributed by atoms with Crippen molar-refractivity contribution >= 4 is 0 Å². The maximum Gasteiger partial charge on any atom is 0.180 e. The summed E-state index contributed by atoms with van der Waals surface area (Å²) in [5.74, 6) is -3.27. The van der Waals surface area contributed by atoms with E-state index in [0.29, 0.717) is 5.76 Å². The number of hydrogen-bond acceptors (Lipinski definition) is 4. The number of rotatable bonds is 5. The molecule has 6 heteroatoms. The molecule has 0 radical (unpaired) electrons. The van der Waals surface area contributed by atoms with Crippen LogP contribution in [0.5, 0.6) is 0 Å². The number of aliphatic hydroxyl groups excluding tert-OH is 1. The van der Waals surface area contributed by atoms with Gasteiger partial charge in [-0.3, -0.25) is 0 Å². The molecule has 20 heavy (non-hydrogen) atoms. The highest BCUT2D eigenvalue weighted by atomic mass is 19.2. The molecule has 1 N–H and O–H groups in total. The monoisotopic (exact) mass is 278 g/mol. The Kier molecular flexibility index (Phi) is 4.43. The fraction of sp³-hybridized carbons (Fsp3) is 0.286. The first-order valence-corrected chi connectivity index (χ1v) is 6.01. The van der Waals surface area contributed by atoms with E-state index in [9.17, 15) is 14.0 Å². The standard InChI is InChI=1S/C14H12F2N2O2/c15-12-3-1-2-10(14(12)16)11(6-17)9(4-5-19)13-7-18-8-20-13/h1-3,7-9,11,19H,4-5H2/t9-,11+/m1/s1. The molecule has 0 fully saturated rings. The van der Waals surface area contributed by atoms with Crippen LogP contribution in [0.2, 0.25) is 0 Å². The molecular formula is C14H12F2N2O2. The lowest BCUT2D eigenvalue weighted by molar-refractivity contribution is 0.262. The normalized spacial score (nSPS) is 13.7. The Morgan fingerprint density at radius 1 is 1.40 bits per heavy atom. The van der Waals surface area contributed by atoms with Gasteiger partial charge in [-0.05, 0) is 12.5 Å². The van der Waals surface area contributed by atoms with E-state index in [-0.39, 0.29) is 18.6 Å². The molecule has 2 atom stereocenters. The summed E-state index contributed by atoms with van der Waals surface area (Å²) in [6, 6.07) is 5.64. The van der Waals surface area contributed by atoms with Gasteiger partial charge in [-0.2, -0.15) is 5.26 Å². The van der Waals surface area contributed by atoms with Crippen LogP contribution < -0.4 is 0 Å². The van der Waals surface area contributed by atoms with Crippen molar-refractivity contribution in [1.29, 1.82) is 5.26 Å². The molecule has 0 saturated carbocycles. The highest BCUT2D eigenvalue weighted by Crippen LogP contribution is 2.36. The minimum Gasteiger partial charge on any atom is -0.448 e. The maximum absolute atomic E-state index is 13.8. The summed E-state index contributed by atoms with van der Waals surface area (Å²) in [5, 5.41) is 18.4. The lowest BCUT2D eigenvalue weighted by atomic mass is 9.83. The highest BCUT2D eigenvalue weighted by molar-refractivity contribution is 5.31. The molecule has 0 amide bonds. The van der Waals surface area contributed by atoms with Crippen LogP contribution in [0.3, 0.4) is 0 Å². The van der Waals surface area contributed by atoms with E-state index in [1.165, 1.54) is 24.7 Å². The Bertz CT molecular complexity index is 608. The molecular weight excluding hydrogens is 266 g/mol. The van der Waals surface area contributed by atoms with Crippen molar-refractivity contribution < 1.29 is 18.3 Å². The Morgan fingerprint density at radius 2 is 2.20 bits per heavy atom. The zero-order valence-electron chi connectivity index (χ0n) is 10.5. The second-order valence-electron chi connectivity index (χ2n) is 4.27. The van der Waals surface area contributed by atoms with Gasteiger partial charge in [-0.25, -0.2) is 13.8 Å². The van der Waals surface area contributed by atoms with Crippen LogP contribution in [0.4, 0.5) is 8.78 Å². The molecule has 2 rings (SSSR count). The number of nitriles is 1. The van der Waals surface area contributed by atoms with Gasteiger partial charge in [0, 0.05) is 18.1 Å². The number of nitrogens with zero attached hydrogens (tertiary/aromatic N) is 2. The fourth-order valence-corrected chi connectivity index (χ4v) is 2.16. The van der Waals surface area contributed by atoms with Gasteiger partial charge >= 0.3 is 0 Å². The van der Waals surface area contributed by atoms with E-state index < -0.39 is 23.5 Å². The molecule has 0 aliphatic carbocycles. The maximum atomic E-state index is 13.8. The van der Waals surface area contributed by atoms with E-state index in [1.807, 2.05) is 6.07 Å². The molecule has 0 spiro atoms. The third kappa shape index (κ3) is 2.68.